The van der Waals surface area contributed by atoms with E-state index >= 15 is 0 Å². The summed E-state index contributed by atoms with van der Waals surface area (Å²) in [6.45, 7) is 4.24. The Bertz CT molecular complexity index is 213. The zero-order valence-electron chi connectivity index (χ0n) is 9.89. The summed E-state index contributed by atoms with van der Waals surface area (Å²) < 4.78 is 0. The van der Waals surface area contributed by atoms with Gasteiger partial charge in [-0.2, -0.15) is 0 Å². The van der Waals surface area contributed by atoms with E-state index in [2.05, 4.69) is 13.8 Å². The van der Waals surface area contributed by atoms with Gasteiger partial charge in [0.2, 0.25) is 0 Å². The molecule has 0 aliphatic heterocycles. The van der Waals surface area contributed by atoms with Crippen LogP contribution in [0.25, 0.3) is 0 Å². The highest BCUT2D eigenvalue weighted by Crippen LogP contribution is 2.43. The average Bonchev–Trinajstić information content (AvgIpc) is 2.35. The van der Waals surface area contributed by atoms with E-state index in [0.29, 0.717) is 17.8 Å². The predicted molar refractivity (Wildman–Crippen MR) is 60.4 cm³/mol. The molecule has 2 nitrogen and oxygen atoms in total. The van der Waals surface area contributed by atoms with Gasteiger partial charge in [0.1, 0.15) is 0 Å². The van der Waals surface area contributed by atoms with Crippen molar-refractivity contribution in [2.75, 3.05) is 0 Å². The third-order valence-electron chi connectivity index (χ3n) is 4.73. The van der Waals surface area contributed by atoms with Crippen LogP contribution in [0, 0.1) is 23.7 Å². The molecule has 2 heteroatoms. The molecule has 6 atom stereocenters. The standard InChI is InChI=1S/C13H24O2/c1-8-4-3-5-10-7-6-9(2)13(15)11(10)12(8)14/h8-15H,3-7H2,1-2H3/t8-,9-,10?,11?,12?,13?/m0/s1. The molecule has 88 valence electrons. The Morgan fingerprint density at radius 2 is 1.40 bits per heavy atom. The second-order valence-corrected chi connectivity index (χ2v) is 5.78. The first kappa shape index (κ1) is 11.4. The summed E-state index contributed by atoms with van der Waals surface area (Å²) in [6.07, 6.45) is 5.32. The lowest BCUT2D eigenvalue weighted by atomic mass is 9.68. The summed E-state index contributed by atoms with van der Waals surface area (Å²) in [5, 5.41) is 20.5. The highest BCUT2D eigenvalue weighted by molar-refractivity contribution is 4.93. The lowest BCUT2D eigenvalue weighted by molar-refractivity contribution is -0.0802. The number of aliphatic hydroxyl groups excluding tert-OH is 2. The summed E-state index contributed by atoms with van der Waals surface area (Å²) in [6, 6.07) is 0. The molecule has 2 fully saturated rings. The second kappa shape index (κ2) is 4.42. The summed E-state index contributed by atoms with van der Waals surface area (Å²) in [4.78, 5) is 0. The fourth-order valence-electron chi connectivity index (χ4n) is 3.57. The molecule has 4 unspecified atom stereocenters. The van der Waals surface area contributed by atoms with Crippen molar-refractivity contribution >= 4 is 0 Å². The Morgan fingerprint density at radius 1 is 0.800 bits per heavy atom. The molecule has 2 N–H and O–H groups in total. The van der Waals surface area contributed by atoms with Crippen LogP contribution in [0.4, 0.5) is 0 Å². The van der Waals surface area contributed by atoms with Gasteiger partial charge in [0.15, 0.2) is 0 Å². The highest BCUT2D eigenvalue weighted by atomic mass is 16.3. The van der Waals surface area contributed by atoms with Gasteiger partial charge in [0, 0.05) is 5.92 Å². The maximum Gasteiger partial charge on any atom is 0.0621 e. The number of aliphatic hydroxyl groups is 2. The molecule has 0 heterocycles. The third-order valence-corrected chi connectivity index (χ3v) is 4.73. The van der Waals surface area contributed by atoms with Crippen molar-refractivity contribution in [2.45, 2.75) is 58.2 Å². The second-order valence-electron chi connectivity index (χ2n) is 5.78. The quantitative estimate of drug-likeness (QED) is 0.646. The Labute approximate surface area is 92.7 Å². The molecule has 0 aromatic rings. The molecule has 2 aliphatic carbocycles. The molecule has 2 aliphatic rings. The van der Waals surface area contributed by atoms with E-state index in [-0.39, 0.29) is 18.1 Å². The van der Waals surface area contributed by atoms with Crippen LogP contribution < -0.4 is 0 Å². The predicted octanol–water partition coefficient (Wildman–Crippen LogP) is 2.19. The van der Waals surface area contributed by atoms with E-state index in [1.54, 1.807) is 0 Å². The van der Waals surface area contributed by atoms with E-state index in [0.717, 1.165) is 12.8 Å². The van der Waals surface area contributed by atoms with Crippen LogP contribution in [0.2, 0.25) is 0 Å². The van der Waals surface area contributed by atoms with Crippen LogP contribution >= 0.6 is 0 Å². The maximum atomic E-state index is 10.3. The van der Waals surface area contributed by atoms with Crippen molar-refractivity contribution in [3.63, 3.8) is 0 Å². The van der Waals surface area contributed by atoms with Gasteiger partial charge in [-0.25, -0.2) is 0 Å². The minimum absolute atomic E-state index is 0.145. The Morgan fingerprint density at radius 3 is 2.07 bits per heavy atom. The summed E-state index contributed by atoms with van der Waals surface area (Å²) in [5.74, 6) is 1.44. The third kappa shape index (κ3) is 2.07. The van der Waals surface area contributed by atoms with Gasteiger partial charge >= 0.3 is 0 Å². The molecule has 0 amide bonds. The van der Waals surface area contributed by atoms with Crippen molar-refractivity contribution in [1.82, 2.24) is 0 Å². The largest absolute Gasteiger partial charge is 0.392 e. The molecule has 0 aromatic carbocycles. The maximum absolute atomic E-state index is 10.3. The zero-order chi connectivity index (χ0) is 11.0. The van der Waals surface area contributed by atoms with Gasteiger partial charge in [0.05, 0.1) is 12.2 Å². The Kier molecular flexibility index (Phi) is 3.36. The molecule has 0 saturated heterocycles. The molecule has 15 heavy (non-hydrogen) atoms. The van der Waals surface area contributed by atoms with Crippen LogP contribution in [0.1, 0.15) is 46.0 Å². The topological polar surface area (TPSA) is 40.5 Å². The SMILES string of the molecule is C[C@H]1CCCC2CC[C@H](C)C(O)C2C1O. The Hall–Kier alpha value is -0.0800. The fraction of sp³-hybridized carbons (Fsp3) is 1.00. The van der Waals surface area contributed by atoms with Gasteiger partial charge < -0.3 is 10.2 Å². The number of fused-ring (bicyclic) bond motifs is 1. The normalized spacial score (nSPS) is 52.0. The molecule has 2 rings (SSSR count). The van der Waals surface area contributed by atoms with E-state index in [1.807, 2.05) is 0 Å². The lowest BCUT2D eigenvalue weighted by Gasteiger charge is -2.41. The average molecular weight is 212 g/mol. The molecular weight excluding hydrogens is 188 g/mol. The monoisotopic (exact) mass is 212 g/mol. The minimum atomic E-state index is -0.282. The van der Waals surface area contributed by atoms with Gasteiger partial charge in [-0.3, -0.25) is 0 Å². The van der Waals surface area contributed by atoms with E-state index < -0.39 is 0 Å². The van der Waals surface area contributed by atoms with Crippen LogP contribution in [0.15, 0.2) is 0 Å². The van der Waals surface area contributed by atoms with Crippen molar-refractivity contribution in [3.05, 3.63) is 0 Å². The van der Waals surface area contributed by atoms with Gasteiger partial charge in [0.25, 0.3) is 0 Å². The van der Waals surface area contributed by atoms with Gasteiger partial charge in [-0.15, -0.1) is 0 Å². The summed E-state index contributed by atoms with van der Waals surface area (Å²) in [5.41, 5.74) is 0. The lowest BCUT2D eigenvalue weighted by Crippen LogP contribution is -2.45. The summed E-state index contributed by atoms with van der Waals surface area (Å²) in [7, 11) is 0. The summed E-state index contributed by atoms with van der Waals surface area (Å²) >= 11 is 0. The van der Waals surface area contributed by atoms with E-state index in [1.165, 1.54) is 19.3 Å². The van der Waals surface area contributed by atoms with E-state index in [4.69, 9.17) is 0 Å². The first-order valence-corrected chi connectivity index (χ1v) is 6.47. The van der Waals surface area contributed by atoms with E-state index in [9.17, 15) is 10.2 Å². The van der Waals surface area contributed by atoms with Crippen molar-refractivity contribution in [2.24, 2.45) is 23.7 Å². The highest BCUT2D eigenvalue weighted by Gasteiger charge is 2.43. The Balaban J connectivity index is 2.17. The van der Waals surface area contributed by atoms with Crippen molar-refractivity contribution < 1.29 is 10.2 Å². The molecule has 0 spiro atoms. The minimum Gasteiger partial charge on any atom is -0.392 e. The molecule has 2 saturated carbocycles. The molecular formula is C13H24O2. The smallest absolute Gasteiger partial charge is 0.0621 e. The first-order chi connectivity index (χ1) is 7.11. The van der Waals surface area contributed by atoms with Crippen LogP contribution in [0.5, 0.6) is 0 Å². The number of rotatable bonds is 0. The van der Waals surface area contributed by atoms with Crippen molar-refractivity contribution in [1.29, 1.82) is 0 Å². The molecule has 0 bridgehead atoms. The van der Waals surface area contributed by atoms with Crippen LogP contribution in [-0.4, -0.2) is 22.4 Å². The number of hydrogen-bond donors (Lipinski definition) is 2. The zero-order valence-corrected chi connectivity index (χ0v) is 9.89. The number of hydrogen-bond acceptors (Lipinski definition) is 2. The van der Waals surface area contributed by atoms with Crippen LogP contribution in [-0.2, 0) is 0 Å². The van der Waals surface area contributed by atoms with Crippen molar-refractivity contribution in [3.8, 4) is 0 Å². The molecule has 0 aromatic heterocycles. The van der Waals surface area contributed by atoms with Gasteiger partial charge in [-0.1, -0.05) is 20.3 Å². The van der Waals surface area contributed by atoms with Gasteiger partial charge in [-0.05, 0) is 43.4 Å². The first-order valence-electron chi connectivity index (χ1n) is 6.47. The fourth-order valence-corrected chi connectivity index (χ4v) is 3.57. The van der Waals surface area contributed by atoms with Crippen LogP contribution in [0.3, 0.4) is 0 Å². The molecule has 0 radical (unpaired) electrons.